The van der Waals surface area contributed by atoms with Gasteiger partial charge in [0.1, 0.15) is 5.03 Å². The first kappa shape index (κ1) is 11.9. The van der Waals surface area contributed by atoms with Crippen LogP contribution in [0.4, 0.5) is 5.69 Å². The number of nitrogen functional groups attached to an aromatic ring is 1. The van der Waals surface area contributed by atoms with Crippen LogP contribution in [-0.4, -0.2) is 25.2 Å². The van der Waals surface area contributed by atoms with Gasteiger partial charge in [-0.05, 0) is 63.4 Å². The van der Waals surface area contributed by atoms with Gasteiger partial charge in [0.25, 0.3) is 0 Å². The Labute approximate surface area is 116 Å². The molecule has 2 N–H and O–H groups in total. The van der Waals surface area contributed by atoms with E-state index in [0.29, 0.717) is 11.7 Å². The van der Waals surface area contributed by atoms with Crippen LogP contribution in [0.25, 0.3) is 0 Å². The van der Waals surface area contributed by atoms with Crippen LogP contribution in [0.5, 0.6) is 0 Å². The molecule has 1 aliphatic carbocycles. The third-order valence-electron chi connectivity index (χ3n) is 2.81. The Bertz CT molecular complexity index is 594. The number of tetrazole rings is 1. The van der Waals surface area contributed by atoms with Crippen molar-refractivity contribution in [2.75, 3.05) is 5.73 Å². The number of rotatable bonds is 3. The predicted octanol–water partition coefficient (Wildman–Crippen LogP) is 2.21. The molecular formula is C10H11BrN6S. The summed E-state index contributed by atoms with van der Waals surface area (Å²) in [6.45, 7) is 1.95. The van der Waals surface area contributed by atoms with Gasteiger partial charge < -0.3 is 5.73 Å². The maximum Gasteiger partial charge on any atom is 0.215 e. The standard InChI is InChI=1S/C10H11BrN6S/c1-5-7(12)4-13-9(8(5)11)18-10-14-15-16-17(10)6-2-3-6/h4,6H,2-3,12H2,1H3. The van der Waals surface area contributed by atoms with Crippen LogP contribution in [-0.2, 0) is 0 Å². The first-order valence-electron chi connectivity index (χ1n) is 5.53. The van der Waals surface area contributed by atoms with E-state index in [9.17, 15) is 0 Å². The van der Waals surface area contributed by atoms with Gasteiger partial charge in [-0.2, -0.15) is 0 Å². The maximum absolute atomic E-state index is 5.80. The van der Waals surface area contributed by atoms with Crippen molar-refractivity contribution in [1.82, 2.24) is 25.2 Å². The minimum Gasteiger partial charge on any atom is -0.397 e. The van der Waals surface area contributed by atoms with Crippen molar-refractivity contribution in [3.63, 3.8) is 0 Å². The van der Waals surface area contributed by atoms with E-state index in [2.05, 4.69) is 36.4 Å². The summed E-state index contributed by atoms with van der Waals surface area (Å²) in [5, 5.41) is 13.4. The number of aromatic nitrogens is 5. The highest BCUT2D eigenvalue weighted by molar-refractivity contribution is 9.10. The van der Waals surface area contributed by atoms with E-state index in [0.717, 1.165) is 33.1 Å². The molecule has 0 aromatic carbocycles. The molecule has 0 amide bonds. The number of hydrogen-bond donors (Lipinski definition) is 1. The van der Waals surface area contributed by atoms with Crippen molar-refractivity contribution in [2.45, 2.75) is 36.0 Å². The van der Waals surface area contributed by atoms with Crippen LogP contribution in [0.2, 0.25) is 0 Å². The van der Waals surface area contributed by atoms with E-state index in [-0.39, 0.29) is 0 Å². The average molecular weight is 327 g/mol. The monoisotopic (exact) mass is 326 g/mol. The molecule has 94 valence electrons. The van der Waals surface area contributed by atoms with Gasteiger partial charge in [-0.1, -0.05) is 0 Å². The molecule has 0 atom stereocenters. The normalized spacial score (nSPS) is 15.0. The van der Waals surface area contributed by atoms with E-state index in [4.69, 9.17) is 5.73 Å². The Hall–Kier alpha value is -1.15. The fraction of sp³-hybridized carbons (Fsp3) is 0.400. The number of pyridine rings is 1. The molecule has 18 heavy (non-hydrogen) atoms. The lowest BCUT2D eigenvalue weighted by Crippen LogP contribution is -2.00. The highest BCUT2D eigenvalue weighted by Gasteiger charge is 2.28. The SMILES string of the molecule is Cc1c(N)cnc(Sc2nnnn2C2CC2)c1Br. The van der Waals surface area contributed by atoms with Crippen molar-refractivity contribution in [2.24, 2.45) is 0 Å². The molecule has 1 saturated carbocycles. The molecule has 8 heteroatoms. The van der Waals surface area contributed by atoms with Gasteiger partial charge in [0, 0.05) is 0 Å². The molecule has 1 fully saturated rings. The van der Waals surface area contributed by atoms with Crippen LogP contribution in [0.15, 0.2) is 20.9 Å². The fourth-order valence-corrected chi connectivity index (χ4v) is 2.98. The van der Waals surface area contributed by atoms with Crippen LogP contribution in [0.3, 0.4) is 0 Å². The quantitative estimate of drug-likeness (QED) is 0.931. The van der Waals surface area contributed by atoms with Crippen LogP contribution >= 0.6 is 27.7 Å². The average Bonchev–Trinajstić information content (AvgIpc) is 3.11. The number of nitrogens with zero attached hydrogens (tertiary/aromatic N) is 5. The van der Waals surface area contributed by atoms with Gasteiger partial charge in [-0.15, -0.1) is 5.10 Å². The summed E-state index contributed by atoms with van der Waals surface area (Å²) in [6.07, 6.45) is 3.95. The molecule has 0 radical (unpaired) electrons. The van der Waals surface area contributed by atoms with Gasteiger partial charge in [0.15, 0.2) is 0 Å². The summed E-state index contributed by atoms with van der Waals surface area (Å²) in [5.41, 5.74) is 7.46. The Morgan fingerprint density at radius 1 is 1.50 bits per heavy atom. The Morgan fingerprint density at radius 3 is 3.00 bits per heavy atom. The number of halogens is 1. The molecule has 0 unspecified atom stereocenters. The zero-order valence-corrected chi connectivity index (χ0v) is 12.1. The van der Waals surface area contributed by atoms with Crippen molar-refractivity contribution in [1.29, 1.82) is 0 Å². The molecule has 0 bridgehead atoms. The van der Waals surface area contributed by atoms with E-state index in [1.54, 1.807) is 6.20 Å². The zero-order valence-electron chi connectivity index (χ0n) is 9.67. The summed E-state index contributed by atoms with van der Waals surface area (Å²) < 4.78 is 2.77. The van der Waals surface area contributed by atoms with Crippen molar-refractivity contribution in [3.8, 4) is 0 Å². The van der Waals surface area contributed by atoms with E-state index in [1.165, 1.54) is 11.8 Å². The molecule has 2 heterocycles. The van der Waals surface area contributed by atoms with Crippen molar-refractivity contribution >= 4 is 33.4 Å². The van der Waals surface area contributed by atoms with Gasteiger partial charge >= 0.3 is 0 Å². The first-order chi connectivity index (χ1) is 8.66. The summed E-state index contributed by atoms with van der Waals surface area (Å²) in [6, 6.07) is 0.455. The summed E-state index contributed by atoms with van der Waals surface area (Å²) in [4.78, 5) is 4.32. The van der Waals surface area contributed by atoms with E-state index in [1.807, 2.05) is 11.6 Å². The topological polar surface area (TPSA) is 82.5 Å². The zero-order chi connectivity index (χ0) is 12.7. The molecule has 0 spiro atoms. The molecule has 0 saturated heterocycles. The summed E-state index contributed by atoms with van der Waals surface area (Å²) >= 11 is 4.96. The van der Waals surface area contributed by atoms with Crippen LogP contribution in [0.1, 0.15) is 24.4 Å². The van der Waals surface area contributed by atoms with Gasteiger partial charge in [0.2, 0.25) is 5.16 Å². The molecule has 0 aliphatic heterocycles. The second kappa shape index (κ2) is 4.51. The molecule has 1 aliphatic rings. The summed E-state index contributed by atoms with van der Waals surface area (Å²) in [5.74, 6) is 0. The first-order valence-corrected chi connectivity index (χ1v) is 7.14. The van der Waals surface area contributed by atoms with Gasteiger partial charge in [0.05, 0.1) is 22.4 Å². The number of hydrogen-bond acceptors (Lipinski definition) is 6. The largest absolute Gasteiger partial charge is 0.397 e. The van der Waals surface area contributed by atoms with Crippen LogP contribution in [0, 0.1) is 6.92 Å². The van der Waals surface area contributed by atoms with Gasteiger partial charge in [-0.3, -0.25) is 0 Å². The fourth-order valence-electron chi connectivity index (χ4n) is 1.53. The number of nitrogens with two attached hydrogens (primary N) is 1. The third-order valence-corrected chi connectivity index (χ3v) is 5.00. The lowest BCUT2D eigenvalue weighted by molar-refractivity contribution is 0.565. The minimum atomic E-state index is 0.455. The van der Waals surface area contributed by atoms with Crippen molar-refractivity contribution < 1.29 is 0 Å². The smallest absolute Gasteiger partial charge is 0.215 e. The van der Waals surface area contributed by atoms with E-state index < -0.39 is 0 Å². The third kappa shape index (κ3) is 2.10. The predicted molar refractivity (Wildman–Crippen MR) is 71.3 cm³/mol. The lowest BCUT2D eigenvalue weighted by atomic mass is 10.3. The maximum atomic E-state index is 5.80. The number of anilines is 1. The highest BCUT2D eigenvalue weighted by atomic mass is 79.9. The highest BCUT2D eigenvalue weighted by Crippen LogP contribution is 2.39. The molecule has 2 aromatic heterocycles. The molecular weight excluding hydrogens is 316 g/mol. The Morgan fingerprint density at radius 2 is 2.28 bits per heavy atom. The van der Waals surface area contributed by atoms with E-state index >= 15 is 0 Å². The Balaban J connectivity index is 1.92. The summed E-state index contributed by atoms with van der Waals surface area (Å²) in [7, 11) is 0. The lowest BCUT2D eigenvalue weighted by Gasteiger charge is -2.07. The van der Waals surface area contributed by atoms with Crippen LogP contribution < -0.4 is 5.73 Å². The minimum absolute atomic E-state index is 0.455. The van der Waals surface area contributed by atoms with Crippen molar-refractivity contribution in [3.05, 3.63) is 16.2 Å². The Kier molecular flexibility index (Phi) is 2.98. The molecule has 6 nitrogen and oxygen atoms in total. The molecule has 2 aromatic rings. The second-order valence-corrected chi connectivity index (χ2v) is 5.95. The van der Waals surface area contributed by atoms with Gasteiger partial charge in [-0.25, -0.2) is 9.67 Å². The molecule has 3 rings (SSSR count). The second-order valence-electron chi connectivity index (χ2n) is 4.20.